The molecule has 0 radical (unpaired) electrons. The molecule has 1 aliphatic heterocycles. The van der Waals surface area contributed by atoms with Crippen molar-refractivity contribution in [1.82, 2.24) is 4.90 Å². The molecule has 3 aromatic rings. The Labute approximate surface area is 180 Å². The van der Waals surface area contributed by atoms with Crippen molar-refractivity contribution in [3.05, 3.63) is 106 Å². The summed E-state index contributed by atoms with van der Waals surface area (Å²) < 4.78 is 0. The van der Waals surface area contributed by atoms with Crippen molar-refractivity contribution < 1.29 is 9.59 Å². The highest BCUT2D eigenvalue weighted by Crippen LogP contribution is 2.24. The number of nitrogens with one attached hydrogen (secondary N) is 1. The number of hydrogen-bond donors (Lipinski definition) is 2. The fraction of sp³-hybridized carbons (Fsp3) is 0.0417. The zero-order chi connectivity index (χ0) is 20.4. The van der Waals surface area contributed by atoms with Crippen molar-refractivity contribution in [1.29, 1.82) is 5.41 Å². The van der Waals surface area contributed by atoms with Crippen molar-refractivity contribution in [3.63, 3.8) is 0 Å². The Hall–Kier alpha value is -3.70. The van der Waals surface area contributed by atoms with Crippen molar-refractivity contribution >= 4 is 42.2 Å². The first kappa shape index (κ1) is 21.0. The molecule has 0 aromatic heterocycles. The zero-order valence-corrected chi connectivity index (χ0v) is 16.9. The number of hydrogen-bond acceptors (Lipinski definition) is 3. The Bertz CT molecular complexity index is 1100. The fourth-order valence-electron chi connectivity index (χ4n) is 3.27. The summed E-state index contributed by atoms with van der Waals surface area (Å²) >= 11 is 0. The number of carbonyl (C=O) groups is 2. The summed E-state index contributed by atoms with van der Waals surface area (Å²) in [6.07, 6.45) is 3.96. The summed E-state index contributed by atoms with van der Waals surface area (Å²) in [5.41, 5.74) is 9.99. The number of nitrogens with zero attached hydrogens (tertiary/aromatic N) is 1. The lowest BCUT2D eigenvalue weighted by Gasteiger charge is -2.13. The van der Waals surface area contributed by atoms with Crippen LogP contribution < -0.4 is 5.73 Å². The molecular weight excluding hydrogens is 398 g/mol. The van der Waals surface area contributed by atoms with Gasteiger partial charge in [0.05, 0.1) is 17.7 Å². The number of nitrogens with two attached hydrogens (primary N) is 1. The average molecular weight is 418 g/mol. The van der Waals surface area contributed by atoms with Gasteiger partial charge in [0.25, 0.3) is 11.8 Å². The van der Waals surface area contributed by atoms with Crippen LogP contribution >= 0.6 is 12.4 Å². The van der Waals surface area contributed by atoms with Gasteiger partial charge in [-0.15, -0.1) is 12.4 Å². The molecule has 4 rings (SSSR count). The smallest absolute Gasteiger partial charge is 0.261 e. The van der Waals surface area contributed by atoms with Gasteiger partial charge in [0, 0.05) is 5.56 Å². The molecule has 2 amide bonds. The SMILES string of the molecule is Cl.N=C(N)c1ccc(/C=C/c2ccc(CN3C(=O)c4ccccc4C3=O)cc2)cc1. The van der Waals surface area contributed by atoms with Crippen LogP contribution in [0.3, 0.4) is 0 Å². The first-order chi connectivity index (χ1) is 14.0. The quantitative estimate of drug-likeness (QED) is 0.280. The topological polar surface area (TPSA) is 87.2 Å². The zero-order valence-electron chi connectivity index (χ0n) is 16.0. The van der Waals surface area contributed by atoms with Crippen molar-refractivity contribution in [3.8, 4) is 0 Å². The van der Waals surface area contributed by atoms with Crippen LogP contribution in [0.5, 0.6) is 0 Å². The Morgan fingerprint density at radius 2 is 1.27 bits per heavy atom. The molecule has 0 saturated carbocycles. The van der Waals surface area contributed by atoms with Gasteiger partial charge in [-0.3, -0.25) is 19.9 Å². The summed E-state index contributed by atoms with van der Waals surface area (Å²) in [5.74, 6) is -0.443. The van der Waals surface area contributed by atoms with Crippen LogP contribution in [0.15, 0.2) is 72.8 Å². The Balaban J connectivity index is 0.00000256. The van der Waals surface area contributed by atoms with E-state index in [1.54, 1.807) is 24.3 Å². The molecule has 0 saturated heterocycles. The Morgan fingerprint density at radius 1 is 0.800 bits per heavy atom. The maximum atomic E-state index is 12.5. The number of amides is 2. The van der Waals surface area contributed by atoms with E-state index in [0.717, 1.165) is 16.7 Å². The van der Waals surface area contributed by atoms with Crippen LogP contribution in [0.2, 0.25) is 0 Å². The summed E-state index contributed by atoms with van der Waals surface area (Å²) in [5, 5.41) is 7.42. The van der Waals surface area contributed by atoms with Crippen LogP contribution in [-0.2, 0) is 6.54 Å². The largest absolute Gasteiger partial charge is 0.384 e. The molecule has 0 fully saturated rings. The minimum Gasteiger partial charge on any atom is -0.384 e. The number of benzene rings is 3. The van der Waals surface area contributed by atoms with E-state index in [-0.39, 0.29) is 36.6 Å². The Morgan fingerprint density at radius 3 is 1.73 bits per heavy atom. The molecule has 1 aliphatic rings. The minimum atomic E-state index is -0.247. The molecule has 30 heavy (non-hydrogen) atoms. The lowest BCUT2D eigenvalue weighted by atomic mass is 10.1. The van der Waals surface area contributed by atoms with Gasteiger partial charge in [0.15, 0.2) is 0 Å². The summed E-state index contributed by atoms with van der Waals surface area (Å²) in [7, 11) is 0. The molecule has 0 unspecified atom stereocenters. The normalized spacial score (nSPS) is 12.7. The van der Waals surface area contributed by atoms with Crippen LogP contribution in [0.25, 0.3) is 12.2 Å². The lowest BCUT2D eigenvalue weighted by Crippen LogP contribution is -2.29. The van der Waals surface area contributed by atoms with E-state index in [1.165, 1.54) is 4.90 Å². The monoisotopic (exact) mass is 417 g/mol. The number of fused-ring (bicyclic) bond motifs is 1. The van der Waals surface area contributed by atoms with Crippen molar-refractivity contribution in [2.75, 3.05) is 0 Å². The molecular formula is C24H20ClN3O2. The van der Waals surface area contributed by atoms with Gasteiger partial charge >= 0.3 is 0 Å². The number of halogens is 1. The van der Waals surface area contributed by atoms with E-state index >= 15 is 0 Å². The highest BCUT2D eigenvalue weighted by Gasteiger charge is 2.34. The first-order valence-electron chi connectivity index (χ1n) is 9.19. The van der Waals surface area contributed by atoms with Crippen LogP contribution in [0.1, 0.15) is 43.0 Å². The molecule has 0 atom stereocenters. The van der Waals surface area contributed by atoms with Crippen molar-refractivity contribution in [2.24, 2.45) is 5.73 Å². The number of carbonyl (C=O) groups excluding carboxylic acids is 2. The third kappa shape index (κ3) is 4.16. The van der Waals surface area contributed by atoms with Crippen LogP contribution in [-0.4, -0.2) is 22.5 Å². The maximum absolute atomic E-state index is 12.5. The molecule has 150 valence electrons. The minimum absolute atomic E-state index is 0. The molecule has 0 aliphatic carbocycles. The second kappa shape index (κ2) is 8.76. The standard InChI is InChI=1S/C24H19N3O2.ClH/c25-22(26)19-13-11-17(12-14-19)6-5-16-7-9-18(10-8-16)15-27-23(28)20-3-1-2-4-21(20)24(27)29;/h1-14H,15H2,(H3,25,26);1H/b6-5+;. The van der Waals surface area contributed by atoms with Crippen LogP contribution in [0.4, 0.5) is 0 Å². The van der Waals surface area contributed by atoms with Gasteiger partial charge in [-0.1, -0.05) is 72.8 Å². The molecule has 3 aromatic carbocycles. The van der Waals surface area contributed by atoms with Gasteiger partial charge < -0.3 is 5.73 Å². The van der Waals surface area contributed by atoms with Crippen LogP contribution in [0, 0.1) is 5.41 Å². The maximum Gasteiger partial charge on any atom is 0.261 e. The molecule has 6 heteroatoms. The van der Waals surface area contributed by atoms with E-state index < -0.39 is 0 Å². The van der Waals surface area contributed by atoms with Gasteiger partial charge in [-0.2, -0.15) is 0 Å². The third-order valence-electron chi connectivity index (χ3n) is 4.89. The predicted molar refractivity (Wildman–Crippen MR) is 121 cm³/mol. The Kier molecular flexibility index (Phi) is 6.14. The first-order valence-corrected chi connectivity index (χ1v) is 9.19. The highest BCUT2D eigenvalue weighted by atomic mass is 35.5. The summed E-state index contributed by atoms with van der Waals surface area (Å²) in [4.78, 5) is 26.2. The molecule has 0 spiro atoms. The third-order valence-corrected chi connectivity index (χ3v) is 4.89. The number of nitrogen functional groups attached to an aromatic ring is 1. The van der Waals surface area contributed by atoms with Gasteiger partial charge in [-0.25, -0.2) is 0 Å². The predicted octanol–water partition coefficient (Wildman–Crippen LogP) is 4.36. The van der Waals surface area contributed by atoms with Gasteiger partial charge in [0.2, 0.25) is 0 Å². The second-order valence-corrected chi connectivity index (χ2v) is 6.85. The lowest BCUT2D eigenvalue weighted by molar-refractivity contribution is 0.0642. The fourth-order valence-corrected chi connectivity index (χ4v) is 3.27. The highest BCUT2D eigenvalue weighted by molar-refractivity contribution is 6.21. The summed E-state index contributed by atoms with van der Waals surface area (Å²) in [6, 6.07) is 22.1. The van der Waals surface area contributed by atoms with E-state index in [1.807, 2.05) is 60.7 Å². The summed E-state index contributed by atoms with van der Waals surface area (Å²) in [6.45, 7) is 0.253. The van der Waals surface area contributed by atoms with Gasteiger partial charge in [-0.05, 0) is 28.8 Å². The van der Waals surface area contributed by atoms with E-state index in [9.17, 15) is 9.59 Å². The van der Waals surface area contributed by atoms with Crippen molar-refractivity contribution in [2.45, 2.75) is 6.54 Å². The van der Waals surface area contributed by atoms with Gasteiger partial charge in [0.1, 0.15) is 5.84 Å². The van der Waals surface area contributed by atoms with E-state index in [4.69, 9.17) is 11.1 Å². The van der Waals surface area contributed by atoms with E-state index in [0.29, 0.717) is 16.7 Å². The molecule has 0 bridgehead atoms. The number of rotatable bonds is 5. The number of imide groups is 1. The molecule has 1 heterocycles. The average Bonchev–Trinajstić information content (AvgIpc) is 2.98. The van der Waals surface area contributed by atoms with E-state index in [2.05, 4.69) is 0 Å². The number of amidine groups is 1. The molecule has 5 nitrogen and oxygen atoms in total. The second-order valence-electron chi connectivity index (χ2n) is 6.85. The molecule has 3 N–H and O–H groups in total.